The van der Waals surface area contributed by atoms with Gasteiger partial charge in [0.15, 0.2) is 0 Å². The molecule has 0 aliphatic heterocycles. The van der Waals surface area contributed by atoms with Crippen molar-refractivity contribution in [3.8, 4) is 0 Å². The number of fused-ring (bicyclic) bond motifs is 1. The minimum absolute atomic E-state index is 0.106. The van der Waals surface area contributed by atoms with Crippen LogP contribution in [0.15, 0.2) is 12.4 Å². The van der Waals surface area contributed by atoms with Gasteiger partial charge in [-0.05, 0) is 49.3 Å². The molecule has 4 heteroatoms. The second-order valence-electron chi connectivity index (χ2n) is 6.51. The van der Waals surface area contributed by atoms with E-state index >= 15 is 0 Å². The average Bonchev–Trinajstić information content (AvgIpc) is 2.85. The van der Waals surface area contributed by atoms with E-state index in [0.29, 0.717) is 18.5 Å². The second-order valence-corrected chi connectivity index (χ2v) is 6.51. The topological polar surface area (TPSA) is 46.1 Å². The lowest BCUT2D eigenvalue weighted by Gasteiger charge is -2.23. The van der Waals surface area contributed by atoms with Crippen LogP contribution in [0.5, 0.6) is 0 Å². The minimum atomic E-state index is 0.106. The fraction of sp³-hybridized carbons (Fsp3) is 0.706. The fourth-order valence-corrected chi connectivity index (χ4v) is 2.91. The molecule has 118 valence electrons. The minimum Gasteiger partial charge on any atom is -0.354 e. The number of rotatable bonds is 7. The van der Waals surface area contributed by atoms with E-state index in [9.17, 15) is 4.79 Å². The van der Waals surface area contributed by atoms with Crippen molar-refractivity contribution in [1.29, 1.82) is 0 Å². The van der Waals surface area contributed by atoms with Gasteiger partial charge in [0.2, 0.25) is 5.91 Å². The highest BCUT2D eigenvalue weighted by molar-refractivity contribution is 5.75. The molecule has 1 amide bonds. The average molecular weight is 291 g/mol. The Hall–Kier alpha value is -1.29. The quantitative estimate of drug-likeness (QED) is 0.811. The van der Waals surface area contributed by atoms with Gasteiger partial charge in [0.05, 0.1) is 0 Å². The first-order valence-corrected chi connectivity index (χ1v) is 8.28. The molecule has 21 heavy (non-hydrogen) atoms. The van der Waals surface area contributed by atoms with Crippen LogP contribution < -0.4 is 10.6 Å². The number of hydrogen-bond donors (Lipinski definition) is 2. The molecule has 2 N–H and O–H groups in total. The Kier molecular flexibility index (Phi) is 5.85. The maximum atomic E-state index is 11.9. The van der Waals surface area contributed by atoms with Crippen molar-refractivity contribution in [2.24, 2.45) is 5.92 Å². The van der Waals surface area contributed by atoms with Crippen LogP contribution in [0, 0.1) is 5.92 Å². The van der Waals surface area contributed by atoms with Crippen LogP contribution >= 0.6 is 0 Å². The molecule has 0 saturated heterocycles. The largest absolute Gasteiger partial charge is 0.354 e. The van der Waals surface area contributed by atoms with Crippen molar-refractivity contribution in [1.82, 2.24) is 15.2 Å². The van der Waals surface area contributed by atoms with Crippen molar-refractivity contribution in [2.45, 2.75) is 59.0 Å². The Morgan fingerprint density at radius 2 is 2.24 bits per heavy atom. The molecule has 2 rings (SSSR count). The van der Waals surface area contributed by atoms with Crippen molar-refractivity contribution in [3.05, 3.63) is 23.5 Å². The standard InChI is InChI=1S/C17H29N3O/c1-4-8-18-16-7-5-6-14-10-20(11-15(14)16)12-17(21)19-9-13(2)3/h10-11,13,16,18H,4-9,12H2,1-3H3,(H,19,21). The highest BCUT2D eigenvalue weighted by atomic mass is 16.1. The second kappa shape index (κ2) is 7.64. The summed E-state index contributed by atoms with van der Waals surface area (Å²) in [7, 11) is 0. The smallest absolute Gasteiger partial charge is 0.239 e. The number of carbonyl (C=O) groups is 1. The maximum Gasteiger partial charge on any atom is 0.239 e. The first-order chi connectivity index (χ1) is 10.1. The molecule has 0 saturated carbocycles. The number of nitrogens with one attached hydrogen (secondary N) is 2. The molecule has 4 nitrogen and oxygen atoms in total. The summed E-state index contributed by atoms with van der Waals surface area (Å²) in [5.74, 6) is 0.601. The Morgan fingerprint density at radius 1 is 1.43 bits per heavy atom. The summed E-state index contributed by atoms with van der Waals surface area (Å²) in [6.45, 7) is 8.66. The predicted octanol–water partition coefficient (Wildman–Crippen LogP) is 2.64. The van der Waals surface area contributed by atoms with Gasteiger partial charge in [0, 0.05) is 25.0 Å². The first kappa shape index (κ1) is 16.1. The van der Waals surface area contributed by atoms with E-state index in [1.54, 1.807) is 0 Å². The van der Waals surface area contributed by atoms with Crippen molar-refractivity contribution >= 4 is 5.91 Å². The highest BCUT2D eigenvalue weighted by Gasteiger charge is 2.21. The molecule has 1 aliphatic carbocycles. The molecule has 0 spiro atoms. The van der Waals surface area contributed by atoms with Gasteiger partial charge in [0.1, 0.15) is 6.54 Å². The van der Waals surface area contributed by atoms with E-state index in [4.69, 9.17) is 0 Å². The van der Waals surface area contributed by atoms with Crippen molar-refractivity contribution in [3.63, 3.8) is 0 Å². The molecule has 1 atom stereocenters. The number of hydrogen-bond acceptors (Lipinski definition) is 2. The van der Waals surface area contributed by atoms with Crippen LogP contribution in [-0.2, 0) is 17.8 Å². The van der Waals surface area contributed by atoms with Crippen LogP contribution in [-0.4, -0.2) is 23.6 Å². The van der Waals surface area contributed by atoms with Crippen molar-refractivity contribution in [2.75, 3.05) is 13.1 Å². The third-order valence-corrected chi connectivity index (χ3v) is 3.99. The summed E-state index contributed by atoms with van der Waals surface area (Å²) >= 11 is 0. The van der Waals surface area contributed by atoms with E-state index < -0.39 is 0 Å². The zero-order chi connectivity index (χ0) is 15.2. The Morgan fingerprint density at radius 3 is 2.95 bits per heavy atom. The number of nitrogens with zero attached hydrogens (tertiary/aromatic N) is 1. The van der Waals surface area contributed by atoms with Gasteiger partial charge in [-0.2, -0.15) is 0 Å². The molecule has 1 unspecified atom stereocenters. The normalized spacial score (nSPS) is 17.8. The van der Waals surface area contributed by atoms with Gasteiger partial charge >= 0.3 is 0 Å². The summed E-state index contributed by atoms with van der Waals surface area (Å²) in [5.41, 5.74) is 2.80. The van der Waals surface area contributed by atoms with E-state index in [2.05, 4.69) is 43.8 Å². The lowest BCUT2D eigenvalue weighted by atomic mass is 9.91. The number of aromatic nitrogens is 1. The summed E-state index contributed by atoms with van der Waals surface area (Å²) in [6, 6.07) is 0.466. The molecule has 1 aromatic rings. The first-order valence-electron chi connectivity index (χ1n) is 8.28. The van der Waals surface area contributed by atoms with Gasteiger partial charge in [0.25, 0.3) is 0 Å². The Balaban J connectivity index is 1.97. The van der Waals surface area contributed by atoms with Gasteiger partial charge in [-0.3, -0.25) is 4.79 Å². The SMILES string of the molecule is CCCNC1CCCc2cn(CC(=O)NCC(C)C)cc21. The number of aryl methyl sites for hydroxylation is 1. The fourth-order valence-electron chi connectivity index (χ4n) is 2.91. The lowest BCUT2D eigenvalue weighted by Crippen LogP contribution is -2.30. The van der Waals surface area contributed by atoms with Crippen LogP contribution in [0.3, 0.4) is 0 Å². The third-order valence-electron chi connectivity index (χ3n) is 3.99. The molecular weight excluding hydrogens is 262 g/mol. The zero-order valence-corrected chi connectivity index (χ0v) is 13.6. The lowest BCUT2D eigenvalue weighted by molar-refractivity contribution is -0.121. The van der Waals surface area contributed by atoms with E-state index in [-0.39, 0.29) is 5.91 Å². The van der Waals surface area contributed by atoms with Gasteiger partial charge < -0.3 is 15.2 Å². The number of amides is 1. The van der Waals surface area contributed by atoms with E-state index in [0.717, 1.165) is 25.9 Å². The monoisotopic (exact) mass is 291 g/mol. The summed E-state index contributed by atoms with van der Waals surface area (Å²) < 4.78 is 2.05. The summed E-state index contributed by atoms with van der Waals surface area (Å²) in [4.78, 5) is 11.9. The van der Waals surface area contributed by atoms with E-state index in [1.807, 2.05) is 4.57 Å². The molecule has 1 aliphatic rings. The molecule has 0 bridgehead atoms. The molecule has 1 heterocycles. The molecule has 0 fully saturated rings. The van der Waals surface area contributed by atoms with Gasteiger partial charge in [-0.1, -0.05) is 20.8 Å². The molecule has 0 aromatic carbocycles. The molecule has 0 radical (unpaired) electrons. The summed E-state index contributed by atoms with van der Waals surface area (Å²) in [6.07, 6.45) is 9.06. The Labute approximate surface area is 128 Å². The van der Waals surface area contributed by atoms with Crippen LogP contribution in [0.1, 0.15) is 57.2 Å². The predicted molar refractivity (Wildman–Crippen MR) is 86.3 cm³/mol. The van der Waals surface area contributed by atoms with E-state index in [1.165, 1.54) is 24.0 Å². The third kappa shape index (κ3) is 4.60. The molecular formula is C17H29N3O. The highest BCUT2D eigenvalue weighted by Crippen LogP contribution is 2.30. The molecule has 1 aromatic heterocycles. The summed E-state index contributed by atoms with van der Waals surface area (Å²) in [5, 5.41) is 6.60. The Bertz CT molecular complexity index is 465. The van der Waals surface area contributed by atoms with Crippen LogP contribution in [0.4, 0.5) is 0 Å². The zero-order valence-electron chi connectivity index (χ0n) is 13.6. The maximum absolute atomic E-state index is 11.9. The number of carbonyl (C=O) groups excluding carboxylic acids is 1. The van der Waals surface area contributed by atoms with Gasteiger partial charge in [-0.25, -0.2) is 0 Å². The van der Waals surface area contributed by atoms with Crippen LogP contribution in [0.25, 0.3) is 0 Å². The van der Waals surface area contributed by atoms with Crippen LogP contribution in [0.2, 0.25) is 0 Å². The van der Waals surface area contributed by atoms with Crippen molar-refractivity contribution < 1.29 is 4.79 Å². The van der Waals surface area contributed by atoms with Gasteiger partial charge in [-0.15, -0.1) is 0 Å².